The molecular weight excluding hydrogens is 506 g/mol. The normalized spacial score (nSPS) is 13.7. The van der Waals surface area contributed by atoms with Crippen LogP contribution in [0.1, 0.15) is 27.0 Å². The first kappa shape index (κ1) is 23.2. The fourth-order valence-corrected chi connectivity index (χ4v) is 4.98. The molecule has 0 saturated carbocycles. The molecule has 38 heavy (non-hydrogen) atoms. The molecule has 6 rings (SSSR count). The van der Waals surface area contributed by atoms with Crippen LogP contribution in [0.2, 0.25) is 0 Å². The molecule has 0 saturated heterocycles. The maximum absolute atomic E-state index is 13.2. The van der Waals surface area contributed by atoms with Crippen LogP contribution in [0.5, 0.6) is 23.0 Å². The van der Waals surface area contributed by atoms with Crippen LogP contribution >= 0.6 is 12.2 Å². The highest BCUT2D eigenvalue weighted by Crippen LogP contribution is 2.57. The van der Waals surface area contributed by atoms with Gasteiger partial charge in [0.1, 0.15) is 23.0 Å². The van der Waals surface area contributed by atoms with Gasteiger partial charge in [0.05, 0.1) is 5.56 Å². The summed E-state index contributed by atoms with van der Waals surface area (Å²) in [6, 6.07) is 21.1. The second-order valence-electron chi connectivity index (χ2n) is 8.61. The number of azide groups is 1. The first-order valence-electron chi connectivity index (χ1n) is 11.3. The van der Waals surface area contributed by atoms with E-state index < -0.39 is 11.6 Å². The van der Waals surface area contributed by atoms with Crippen LogP contribution in [0, 0.1) is 0 Å². The Hall–Kier alpha value is -5.25. The monoisotopic (exact) mass is 523 g/mol. The van der Waals surface area contributed by atoms with Crippen molar-refractivity contribution in [3.63, 3.8) is 0 Å². The van der Waals surface area contributed by atoms with E-state index in [1.165, 1.54) is 24.3 Å². The number of nitrogens with one attached hydrogen (secondary N) is 2. The van der Waals surface area contributed by atoms with Crippen molar-refractivity contribution in [2.45, 2.75) is 5.60 Å². The first-order chi connectivity index (χ1) is 18.4. The number of anilines is 2. The molecule has 0 bridgehead atoms. The summed E-state index contributed by atoms with van der Waals surface area (Å²) in [6.07, 6.45) is 0. The lowest BCUT2D eigenvalue weighted by Crippen LogP contribution is -2.32. The number of thiocarbonyl (C=S) groups is 1. The molecule has 0 unspecified atom stereocenters. The zero-order chi connectivity index (χ0) is 26.4. The standard InChI is InChI=1S/C27H17N5O5S/c28-32-31-15-3-1-14(2-4-15)29-26(38)30-16-5-8-20-19(11-16)25(35)37-27(20)21-9-6-17(33)12-23(21)36-24-13-18(34)7-10-22(24)27/h1-13,33-34H,(H2,29,30,38). The molecule has 0 aromatic heterocycles. The van der Waals surface area contributed by atoms with E-state index in [9.17, 15) is 15.0 Å². The molecule has 4 N–H and O–H groups in total. The largest absolute Gasteiger partial charge is 0.508 e. The highest BCUT2D eigenvalue weighted by molar-refractivity contribution is 7.80. The number of carbonyl (C=O) groups is 1. The fraction of sp³-hybridized carbons (Fsp3) is 0.0370. The predicted molar refractivity (Wildman–Crippen MR) is 143 cm³/mol. The quantitative estimate of drug-likeness (QED) is 0.0790. The second-order valence-corrected chi connectivity index (χ2v) is 9.02. The van der Waals surface area contributed by atoms with Gasteiger partial charge in [0, 0.05) is 50.8 Å². The number of ether oxygens (including phenoxy) is 2. The van der Waals surface area contributed by atoms with Crippen LogP contribution in [0.3, 0.4) is 0 Å². The van der Waals surface area contributed by atoms with Crippen molar-refractivity contribution >= 4 is 40.4 Å². The van der Waals surface area contributed by atoms with Crippen LogP contribution in [-0.2, 0) is 10.3 Å². The SMILES string of the molecule is [N-]=[N+]=Nc1ccc(NC(=S)Nc2ccc3c(c2)C(=O)OC32c3ccc(O)cc3Oc3cc(O)ccc32)cc1. The van der Waals surface area contributed by atoms with Gasteiger partial charge >= 0.3 is 5.97 Å². The molecule has 0 atom stereocenters. The number of phenols is 2. The predicted octanol–water partition coefficient (Wildman–Crippen LogP) is 6.42. The number of esters is 1. The Bertz CT molecular complexity index is 1650. The van der Waals surface area contributed by atoms with E-state index in [4.69, 9.17) is 27.2 Å². The number of fused-ring (bicyclic) bond motifs is 6. The van der Waals surface area contributed by atoms with Gasteiger partial charge in [-0.2, -0.15) is 0 Å². The summed E-state index contributed by atoms with van der Waals surface area (Å²) < 4.78 is 12.0. The molecule has 0 amide bonds. The number of benzene rings is 4. The third-order valence-electron chi connectivity index (χ3n) is 6.32. The van der Waals surface area contributed by atoms with Gasteiger partial charge in [-0.1, -0.05) is 23.3 Å². The van der Waals surface area contributed by atoms with Crippen molar-refractivity contribution in [3.05, 3.63) is 112 Å². The smallest absolute Gasteiger partial charge is 0.340 e. The summed E-state index contributed by atoms with van der Waals surface area (Å²) in [5.74, 6) is 0.0433. The van der Waals surface area contributed by atoms with Crippen LogP contribution in [0.4, 0.5) is 17.1 Å². The molecule has 0 radical (unpaired) electrons. The van der Waals surface area contributed by atoms with Crippen molar-refractivity contribution < 1.29 is 24.5 Å². The van der Waals surface area contributed by atoms with Crippen LogP contribution in [0.25, 0.3) is 10.4 Å². The van der Waals surface area contributed by atoms with Crippen molar-refractivity contribution in [3.8, 4) is 23.0 Å². The van der Waals surface area contributed by atoms with E-state index in [1.807, 2.05) is 0 Å². The number of phenolic OH excluding ortho intramolecular Hbond substituents is 2. The van der Waals surface area contributed by atoms with Crippen molar-refractivity contribution in [1.82, 2.24) is 0 Å². The third-order valence-corrected chi connectivity index (χ3v) is 6.52. The third kappa shape index (κ3) is 3.70. The van der Waals surface area contributed by atoms with Crippen LogP contribution in [0.15, 0.2) is 84.0 Å². The summed E-state index contributed by atoms with van der Waals surface area (Å²) in [6.45, 7) is 0. The molecule has 0 aliphatic carbocycles. The Morgan fingerprint density at radius 1 is 0.842 bits per heavy atom. The molecule has 2 aliphatic rings. The number of rotatable bonds is 3. The van der Waals surface area contributed by atoms with E-state index in [2.05, 4.69) is 20.7 Å². The number of aromatic hydroxyl groups is 2. The van der Waals surface area contributed by atoms with Crippen LogP contribution < -0.4 is 15.4 Å². The second kappa shape index (κ2) is 8.70. The lowest BCUT2D eigenvalue weighted by Gasteiger charge is -2.36. The lowest BCUT2D eigenvalue weighted by atomic mass is 9.77. The van der Waals surface area contributed by atoms with Gasteiger partial charge in [-0.25, -0.2) is 4.79 Å². The minimum absolute atomic E-state index is 0.0139. The molecule has 10 nitrogen and oxygen atoms in total. The Kier molecular flexibility index (Phi) is 5.30. The topological polar surface area (TPSA) is 149 Å². The fourth-order valence-electron chi connectivity index (χ4n) is 4.74. The Morgan fingerprint density at radius 2 is 1.42 bits per heavy atom. The van der Waals surface area contributed by atoms with E-state index in [1.54, 1.807) is 54.6 Å². The molecule has 1 spiro atoms. The molecule has 2 aliphatic heterocycles. The Labute approximate surface area is 220 Å². The van der Waals surface area contributed by atoms with Gasteiger partial charge in [-0.3, -0.25) is 0 Å². The van der Waals surface area contributed by atoms with Gasteiger partial charge in [0.2, 0.25) is 0 Å². The van der Waals surface area contributed by atoms with Crippen molar-refractivity contribution in [2.75, 3.05) is 10.6 Å². The summed E-state index contributed by atoms with van der Waals surface area (Å²) in [5.41, 5.74) is 10.9. The molecule has 4 aromatic carbocycles. The minimum Gasteiger partial charge on any atom is -0.508 e. The zero-order valence-corrected chi connectivity index (χ0v) is 20.2. The molecule has 0 fully saturated rings. The van der Waals surface area contributed by atoms with E-state index >= 15 is 0 Å². The van der Waals surface area contributed by atoms with E-state index in [0.29, 0.717) is 50.8 Å². The number of hydrogen-bond donors (Lipinski definition) is 4. The minimum atomic E-state index is -1.33. The summed E-state index contributed by atoms with van der Waals surface area (Å²) >= 11 is 5.42. The highest BCUT2D eigenvalue weighted by atomic mass is 32.1. The average Bonchev–Trinajstić information content (AvgIpc) is 3.17. The van der Waals surface area contributed by atoms with E-state index in [-0.39, 0.29) is 16.6 Å². The van der Waals surface area contributed by atoms with Gasteiger partial charge in [-0.05, 0) is 66.3 Å². The number of carbonyl (C=O) groups excluding carboxylic acids is 1. The Balaban J connectivity index is 1.36. The zero-order valence-electron chi connectivity index (χ0n) is 19.4. The van der Waals surface area contributed by atoms with Crippen molar-refractivity contribution in [1.29, 1.82) is 0 Å². The van der Waals surface area contributed by atoms with E-state index in [0.717, 1.165) is 0 Å². The lowest BCUT2D eigenvalue weighted by molar-refractivity contribution is 0.0224. The van der Waals surface area contributed by atoms with Gasteiger partial charge < -0.3 is 30.3 Å². The summed E-state index contributed by atoms with van der Waals surface area (Å²) in [4.78, 5) is 16.0. The van der Waals surface area contributed by atoms with Gasteiger partial charge in [-0.15, -0.1) is 0 Å². The number of nitrogens with zero attached hydrogens (tertiary/aromatic N) is 3. The van der Waals surface area contributed by atoms with Crippen LogP contribution in [-0.4, -0.2) is 21.3 Å². The molecule has 2 heterocycles. The number of hydrogen-bond acceptors (Lipinski definition) is 7. The highest BCUT2D eigenvalue weighted by Gasteiger charge is 2.53. The molecule has 4 aromatic rings. The van der Waals surface area contributed by atoms with Gasteiger partial charge in [0.25, 0.3) is 0 Å². The molecular formula is C27H17N5O5S. The molecule has 11 heteroatoms. The first-order valence-corrected chi connectivity index (χ1v) is 11.7. The molecule has 186 valence electrons. The summed E-state index contributed by atoms with van der Waals surface area (Å²) in [5, 5.41) is 30.0. The maximum atomic E-state index is 13.2. The summed E-state index contributed by atoms with van der Waals surface area (Å²) in [7, 11) is 0. The Morgan fingerprint density at radius 3 is 2.05 bits per heavy atom. The van der Waals surface area contributed by atoms with Crippen molar-refractivity contribution in [2.24, 2.45) is 5.11 Å². The van der Waals surface area contributed by atoms with Gasteiger partial charge in [0.15, 0.2) is 10.7 Å². The average molecular weight is 524 g/mol. The maximum Gasteiger partial charge on any atom is 0.340 e.